The number of anilines is 1. The summed E-state index contributed by atoms with van der Waals surface area (Å²) in [6.07, 6.45) is 2.90. The number of nitrogens with one attached hydrogen (secondary N) is 1. The standard InChI is InChI=1S/C20H22N4O4.CH5N/c1-12(2)28-16-9-15-13(8-14(16)10-25)4-6-21-17(15)22-7-5-20-11-24(20)19(27)23(3)18(20)26;1-2/h4,6,8-10,12H,5,7,11H2,1-3H3,(H,21,22);2H2,1H3. The molecule has 2 aliphatic heterocycles. The first-order chi connectivity index (χ1) is 14.4. The maximum absolute atomic E-state index is 12.3. The molecule has 3 N–H and O–H groups in total. The monoisotopic (exact) mass is 413 g/mol. The highest BCUT2D eigenvalue weighted by molar-refractivity contribution is 6.11. The number of rotatable bonds is 7. The SMILES string of the molecule is CC(C)Oc1cc2c(NCCC34CN3C(=O)N(C)C4=O)nccc2cc1C=O.CN. The first kappa shape index (κ1) is 21.5. The van der Waals surface area contributed by atoms with Gasteiger partial charge in [0.05, 0.1) is 18.2 Å². The van der Waals surface area contributed by atoms with Crippen molar-refractivity contribution in [3.63, 3.8) is 0 Å². The van der Waals surface area contributed by atoms with E-state index in [1.54, 1.807) is 17.2 Å². The number of ether oxygens (including phenoxy) is 1. The van der Waals surface area contributed by atoms with E-state index in [4.69, 9.17) is 4.74 Å². The van der Waals surface area contributed by atoms with Crippen molar-refractivity contribution >= 4 is 34.8 Å². The highest BCUT2D eigenvalue weighted by Crippen LogP contribution is 2.43. The number of aromatic nitrogens is 1. The molecule has 2 aliphatic rings. The van der Waals surface area contributed by atoms with Crippen molar-refractivity contribution in [3.05, 3.63) is 30.0 Å². The minimum atomic E-state index is -0.694. The Morgan fingerprint density at radius 3 is 2.67 bits per heavy atom. The van der Waals surface area contributed by atoms with Gasteiger partial charge in [-0.05, 0) is 50.9 Å². The number of carbonyl (C=O) groups is 3. The number of pyridine rings is 1. The van der Waals surface area contributed by atoms with Crippen LogP contribution in [0.2, 0.25) is 0 Å². The third kappa shape index (κ3) is 3.56. The van der Waals surface area contributed by atoms with Crippen LogP contribution in [0.5, 0.6) is 5.75 Å². The van der Waals surface area contributed by atoms with E-state index in [1.807, 2.05) is 26.0 Å². The van der Waals surface area contributed by atoms with E-state index in [0.29, 0.717) is 36.6 Å². The van der Waals surface area contributed by atoms with E-state index in [0.717, 1.165) is 17.1 Å². The summed E-state index contributed by atoms with van der Waals surface area (Å²) in [5.74, 6) is 1.02. The Kier molecular flexibility index (Phi) is 5.93. The average molecular weight is 413 g/mol. The lowest BCUT2D eigenvalue weighted by atomic mass is 10.0. The van der Waals surface area contributed by atoms with Crippen molar-refractivity contribution in [2.24, 2.45) is 5.73 Å². The van der Waals surface area contributed by atoms with Crippen LogP contribution in [0.15, 0.2) is 24.4 Å². The van der Waals surface area contributed by atoms with Gasteiger partial charge in [0, 0.05) is 25.2 Å². The number of hydrogen-bond donors (Lipinski definition) is 2. The number of benzene rings is 1. The van der Waals surface area contributed by atoms with E-state index >= 15 is 0 Å². The lowest BCUT2D eigenvalue weighted by Gasteiger charge is -2.15. The van der Waals surface area contributed by atoms with Gasteiger partial charge >= 0.3 is 6.03 Å². The predicted octanol–water partition coefficient (Wildman–Crippen LogP) is 1.86. The van der Waals surface area contributed by atoms with Crippen LogP contribution in [-0.4, -0.2) is 71.8 Å². The van der Waals surface area contributed by atoms with Gasteiger partial charge in [-0.2, -0.15) is 0 Å². The highest BCUT2D eigenvalue weighted by Gasteiger charge is 2.68. The smallest absolute Gasteiger partial charge is 0.327 e. The number of nitrogens with two attached hydrogens (primary N) is 1. The summed E-state index contributed by atoms with van der Waals surface area (Å²) in [5.41, 5.74) is 4.30. The van der Waals surface area contributed by atoms with Crippen LogP contribution >= 0.6 is 0 Å². The molecular weight excluding hydrogens is 386 g/mol. The fourth-order valence-corrected chi connectivity index (χ4v) is 3.76. The summed E-state index contributed by atoms with van der Waals surface area (Å²) < 4.78 is 5.76. The molecule has 1 atom stereocenters. The second-order valence-electron chi connectivity index (χ2n) is 7.50. The molecule has 0 bridgehead atoms. The predicted molar refractivity (Wildman–Crippen MR) is 114 cm³/mol. The van der Waals surface area contributed by atoms with Crippen LogP contribution in [0, 0.1) is 0 Å². The van der Waals surface area contributed by atoms with E-state index in [9.17, 15) is 14.4 Å². The zero-order chi connectivity index (χ0) is 22.1. The van der Waals surface area contributed by atoms with Crippen LogP contribution < -0.4 is 15.8 Å². The summed E-state index contributed by atoms with van der Waals surface area (Å²) >= 11 is 0. The molecular formula is C21H27N5O4. The molecule has 160 valence electrons. The van der Waals surface area contributed by atoms with Crippen molar-refractivity contribution in [2.75, 3.05) is 32.5 Å². The molecule has 0 aliphatic carbocycles. The summed E-state index contributed by atoms with van der Waals surface area (Å²) in [6.45, 7) is 4.78. The Morgan fingerprint density at radius 2 is 2.07 bits per heavy atom. The zero-order valence-electron chi connectivity index (χ0n) is 17.6. The molecule has 4 rings (SSSR count). The Hall–Kier alpha value is -3.20. The van der Waals surface area contributed by atoms with Gasteiger partial charge in [0.15, 0.2) is 6.29 Å². The minimum absolute atomic E-state index is 0.0629. The second kappa shape index (κ2) is 8.27. The van der Waals surface area contributed by atoms with Gasteiger partial charge in [0.1, 0.15) is 17.1 Å². The Labute approximate surface area is 175 Å². The molecule has 0 spiro atoms. The third-order valence-electron chi connectivity index (χ3n) is 5.27. The molecule has 0 radical (unpaired) electrons. The van der Waals surface area contributed by atoms with Crippen LogP contribution in [-0.2, 0) is 4.79 Å². The van der Waals surface area contributed by atoms with Crippen LogP contribution in [0.4, 0.5) is 10.6 Å². The lowest BCUT2D eigenvalue weighted by Crippen LogP contribution is -2.35. The van der Waals surface area contributed by atoms with Crippen molar-refractivity contribution in [2.45, 2.75) is 31.9 Å². The zero-order valence-corrected chi connectivity index (χ0v) is 17.6. The Bertz CT molecular complexity index is 993. The fraction of sp³-hybridized carbons (Fsp3) is 0.429. The molecule has 9 nitrogen and oxygen atoms in total. The number of nitrogens with zero attached hydrogens (tertiary/aromatic N) is 3. The molecule has 30 heavy (non-hydrogen) atoms. The van der Waals surface area contributed by atoms with Crippen LogP contribution in [0.3, 0.4) is 0 Å². The Balaban J connectivity index is 0.00000124. The molecule has 2 aromatic rings. The highest BCUT2D eigenvalue weighted by atomic mass is 16.5. The first-order valence-corrected chi connectivity index (χ1v) is 9.83. The number of fused-ring (bicyclic) bond motifs is 2. The van der Waals surface area contributed by atoms with E-state index in [-0.39, 0.29) is 18.0 Å². The topological polar surface area (TPSA) is 118 Å². The average Bonchev–Trinajstić information content (AvgIpc) is 3.44. The van der Waals surface area contributed by atoms with Gasteiger partial charge in [0.2, 0.25) is 0 Å². The van der Waals surface area contributed by atoms with E-state index in [1.165, 1.54) is 19.0 Å². The van der Waals surface area contributed by atoms with Gasteiger partial charge in [0.25, 0.3) is 5.91 Å². The van der Waals surface area contributed by atoms with E-state index < -0.39 is 5.54 Å². The Morgan fingerprint density at radius 1 is 1.33 bits per heavy atom. The first-order valence-electron chi connectivity index (χ1n) is 9.83. The number of likely N-dealkylation sites (N-methyl/N-ethyl adjacent to an activating group) is 1. The number of amides is 3. The second-order valence-corrected chi connectivity index (χ2v) is 7.50. The molecule has 0 saturated carbocycles. The van der Waals surface area contributed by atoms with Gasteiger partial charge in [-0.25, -0.2) is 9.78 Å². The van der Waals surface area contributed by atoms with Crippen molar-refractivity contribution in [3.8, 4) is 5.75 Å². The van der Waals surface area contributed by atoms with E-state index in [2.05, 4.69) is 16.0 Å². The number of hydrogen-bond acceptors (Lipinski definition) is 7. The largest absolute Gasteiger partial charge is 0.490 e. The molecule has 3 heterocycles. The normalized spacial score (nSPS) is 19.5. The molecule has 1 aromatic heterocycles. The summed E-state index contributed by atoms with van der Waals surface area (Å²) in [6, 6.07) is 5.20. The van der Waals surface area contributed by atoms with Gasteiger partial charge in [-0.1, -0.05) is 0 Å². The molecule has 2 saturated heterocycles. The van der Waals surface area contributed by atoms with Crippen molar-refractivity contribution in [1.82, 2.24) is 14.8 Å². The van der Waals surface area contributed by atoms with Gasteiger partial charge < -0.3 is 20.7 Å². The molecule has 1 unspecified atom stereocenters. The molecule has 2 fully saturated rings. The third-order valence-corrected chi connectivity index (χ3v) is 5.27. The minimum Gasteiger partial charge on any atom is -0.490 e. The van der Waals surface area contributed by atoms with Crippen molar-refractivity contribution in [1.29, 1.82) is 0 Å². The van der Waals surface area contributed by atoms with Crippen LogP contribution in [0.25, 0.3) is 10.8 Å². The van der Waals surface area contributed by atoms with Gasteiger partial charge in [-0.3, -0.25) is 14.5 Å². The number of urea groups is 1. The maximum atomic E-state index is 12.3. The van der Waals surface area contributed by atoms with Crippen LogP contribution in [0.1, 0.15) is 30.6 Å². The van der Waals surface area contributed by atoms with Gasteiger partial charge in [-0.15, -0.1) is 0 Å². The number of carbonyl (C=O) groups excluding carboxylic acids is 3. The molecule has 1 aromatic carbocycles. The molecule has 3 amide bonds. The maximum Gasteiger partial charge on any atom is 0.327 e. The fourth-order valence-electron chi connectivity index (χ4n) is 3.76. The summed E-state index contributed by atoms with van der Waals surface area (Å²) in [7, 11) is 3.01. The lowest BCUT2D eigenvalue weighted by molar-refractivity contribution is -0.128. The number of imide groups is 1. The quantitative estimate of drug-likeness (QED) is 0.404. The van der Waals surface area contributed by atoms with Crippen molar-refractivity contribution < 1.29 is 19.1 Å². The molecule has 9 heteroatoms. The number of aldehydes is 1. The summed E-state index contributed by atoms with van der Waals surface area (Å²) in [4.78, 5) is 42.8. The summed E-state index contributed by atoms with van der Waals surface area (Å²) in [5, 5.41) is 4.97.